The molecule has 1 saturated heterocycles. The van der Waals surface area contributed by atoms with E-state index in [1.54, 1.807) is 0 Å². The molecule has 0 aromatic carbocycles. The summed E-state index contributed by atoms with van der Waals surface area (Å²) >= 11 is 0. The predicted octanol–water partition coefficient (Wildman–Crippen LogP) is 2.21. The van der Waals surface area contributed by atoms with E-state index in [9.17, 15) is 9.90 Å². The van der Waals surface area contributed by atoms with Gasteiger partial charge in [-0.05, 0) is 69.9 Å². The Bertz CT molecular complexity index is 319. The van der Waals surface area contributed by atoms with Gasteiger partial charge in [0.1, 0.15) is 0 Å². The minimum Gasteiger partial charge on any atom is -0.388 e. The van der Waals surface area contributed by atoms with Crippen LogP contribution in [0.4, 0.5) is 0 Å². The molecular weight excluding hydrogens is 264 g/mol. The van der Waals surface area contributed by atoms with Gasteiger partial charge in [0.2, 0.25) is 5.91 Å². The van der Waals surface area contributed by atoms with E-state index < -0.39 is 5.60 Å². The van der Waals surface area contributed by atoms with Crippen molar-refractivity contribution in [1.29, 1.82) is 0 Å². The first-order valence-electron chi connectivity index (χ1n) is 8.81. The molecule has 0 unspecified atom stereocenters. The lowest BCUT2D eigenvalue weighted by Gasteiger charge is -2.35. The van der Waals surface area contributed by atoms with Gasteiger partial charge in [-0.25, -0.2) is 0 Å². The molecule has 2 rings (SSSR count). The average molecular weight is 296 g/mol. The fourth-order valence-corrected chi connectivity index (χ4v) is 3.66. The fourth-order valence-electron chi connectivity index (χ4n) is 3.66. The number of rotatable bonds is 6. The molecule has 1 aliphatic heterocycles. The Morgan fingerprint density at radius 2 is 1.86 bits per heavy atom. The highest BCUT2D eigenvalue weighted by Gasteiger charge is 2.32. The number of carbonyl (C=O) groups is 1. The van der Waals surface area contributed by atoms with Crippen molar-refractivity contribution >= 4 is 5.91 Å². The first-order valence-corrected chi connectivity index (χ1v) is 8.81. The van der Waals surface area contributed by atoms with Crippen LogP contribution in [0.25, 0.3) is 0 Å². The molecule has 3 N–H and O–H groups in total. The minimum atomic E-state index is -0.657. The minimum absolute atomic E-state index is 0.111. The Morgan fingerprint density at radius 3 is 2.48 bits per heavy atom. The maximum atomic E-state index is 12.0. The summed E-state index contributed by atoms with van der Waals surface area (Å²) in [7, 11) is 0. The molecule has 1 aliphatic carbocycles. The van der Waals surface area contributed by atoms with Crippen LogP contribution in [0.15, 0.2) is 0 Å². The first-order chi connectivity index (χ1) is 10.1. The number of amides is 1. The molecule has 21 heavy (non-hydrogen) atoms. The normalized spacial score (nSPS) is 31.0. The summed E-state index contributed by atoms with van der Waals surface area (Å²) < 4.78 is 0. The number of carbonyl (C=O) groups excluding carboxylic acids is 1. The van der Waals surface area contributed by atoms with E-state index in [4.69, 9.17) is 0 Å². The third-order valence-electron chi connectivity index (χ3n) is 5.47. The van der Waals surface area contributed by atoms with Gasteiger partial charge in [0, 0.05) is 13.0 Å². The third-order valence-corrected chi connectivity index (χ3v) is 5.47. The van der Waals surface area contributed by atoms with Gasteiger partial charge in [-0.3, -0.25) is 4.79 Å². The zero-order valence-corrected chi connectivity index (χ0v) is 13.5. The summed E-state index contributed by atoms with van der Waals surface area (Å²) in [6, 6.07) is 0. The van der Waals surface area contributed by atoms with E-state index in [1.165, 1.54) is 19.3 Å². The number of nitrogens with one attached hydrogen (secondary N) is 2. The van der Waals surface area contributed by atoms with Crippen molar-refractivity contribution in [2.45, 2.75) is 70.3 Å². The Hall–Kier alpha value is -0.610. The molecule has 2 fully saturated rings. The molecule has 0 radical (unpaired) electrons. The molecule has 4 nitrogen and oxygen atoms in total. The molecular formula is C17H32N2O2. The molecule has 0 aromatic heterocycles. The second kappa shape index (κ2) is 8.14. The van der Waals surface area contributed by atoms with Crippen molar-refractivity contribution in [3.8, 4) is 0 Å². The Morgan fingerprint density at radius 1 is 1.19 bits per heavy atom. The van der Waals surface area contributed by atoms with Crippen molar-refractivity contribution in [3.05, 3.63) is 0 Å². The summed E-state index contributed by atoms with van der Waals surface area (Å²) in [5, 5.41) is 16.8. The van der Waals surface area contributed by atoms with E-state index in [-0.39, 0.29) is 5.91 Å². The van der Waals surface area contributed by atoms with E-state index in [1.807, 2.05) is 0 Å². The van der Waals surface area contributed by atoms with Crippen LogP contribution in [-0.2, 0) is 4.79 Å². The molecule has 0 spiro atoms. The average Bonchev–Trinajstić information content (AvgIpc) is 2.53. The largest absolute Gasteiger partial charge is 0.388 e. The van der Waals surface area contributed by atoms with E-state index in [2.05, 4.69) is 17.6 Å². The third kappa shape index (κ3) is 5.59. The van der Waals surface area contributed by atoms with Gasteiger partial charge in [0.25, 0.3) is 0 Å². The number of hydrogen-bond donors (Lipinski definition) is 3. The standard InChI is InChI=1S/C17H32N2O2/c1-2-14-5-9-17(21,10-6-14)13-19-16(20)4-3-15-7-11-18-12-8-15/h14-15,18,21H,2-13H2,1H3,(H,19,20). The van der Waals surface area contributed by atoms with Crippen LogP contribution in [0.3, 0.4) is 0 Å². The van der Waals surface area contributed by atoms with Gasteiger partial charge in [-0.2, -0.15) is 0 Å². The lowest BCUT2D eigenvalue weighted by molar-refractivity contribution is -0.123. The van der Waals surface area contributed by atoms with Crippen LogP contribution < -0.4 is 10.6 Å². The van der Waals surface area contributed by atoms with Gasteiger partial charge in [0.05, 0.1) is 5.60 Å². The summed E-state index contributed by atoms with van der Waals surface area (Å²) in [4.78, 5) is 12.0. The molecule has 1 heterocycles. The highest BCUT2D eigenvalue weighted by Crippen LogP contribution is 2.33. The zero-order chi connectivity index (χ0) is 15.1. The second-order valence-corrected chi connectivity index (χ2v) is 7.08. The Balaban J connectivity index is 1.61. The van der Waals surface area contributed by atoms with Crippen molar-refractivity contribution in [2.24, 2.45) is 11.8 Å². The Kier molecular flexibility index (Phi) is 6.49. The lowest BCUT2D eigenvalue weighted by atomic mass is 9.78. The monoisotopic (exact) mass is 296 g/mol. The van der Waals surface area contributed by atoms with Crippen LogP contribution in [-0.4, -0.2) is 36.2 Å². The van der Waals surface area contributed by atoms with Gasteiger partial charge >= 0.3 is 0 Å². The van der Waals surface area contributed by atoms with Crippen molar-refractivity contribution in [1.82, 2.24) is 10.6 Å². The Labute approximate surface area is 129 Å². The van der Waals surface area contributed by atoms with E-state index in [0.29, 0.717) is 18.9 Å². The zero-order valence-electron chi connectivity index (χ0n) is 13.5. The second-order valence-electron chi connectivity index (χ2n) is 7.08. The summed E-state index contributed by atoms with van der Waals surface area (Å²) in [5.74, 6) is 1.57. The molecule has 2 aliphatic rings. The highest BCUT2D eigenvalue weighted by molar-refractivity contribution is 5.75. The van der Waals surface area contributed by atoms with Crippen molar-refractivity contribution in [2.75, 3.05) is 19.6 Å². The molecule has 122 valence electrons. The molecule has 0 atom stereocenters. The van der Waals surface area contributed by atoms with Crippen molar-refractivity contribution < 1.29 is 9.90 Å². The SMILES string of the molecule is CCC1CCC(O)(CNC(=O)CCC2CCNCC2)CC1. The van der Waals surface area contributed by atoms with E-state index in [0.717, 1.165) is 51.1 Å². The molecule has 1 amide bonds. The van der Waals surface area contributed by atoms with Crippen LogP contribution in [0.2, 0.25) is 0 Å². The lowest BCUT2D eigenvalue weighted by Crippen LogP contribution is -2.45. The van der Waals surface area contributed by atoms with E-state index >= 15 is 0 Å². The highest BCUT2D eigenvalue weighted by atomic mass is 16.3. The number of aliphatic hydroxyl groups is 1. The molecule has 0 aromatic rings. The summed E-state index contributed by atoms with van der Waals surface area (Å²) in [5.41, 5.74) is -0.657. The first kappa shape index (κ1) is 16.8. The van der Waals surface area contributed by atoms with Gasteiger partial charge in [-0.15, -0.1) is 0 Å². The predicted molar refractivity (Wildman–Crippen MR) is 85.0 cm³/mol. The van der Waals surface area contributed by atoms with Crippen molar-refractivity contribution in [3.63, 3.8) is 0 Å². The van der Waals surface area contributed by atoms with Gasteiger partial charge in [-0.1, -0.05) is 13.3 Å². The molecule has 0 bridgehead atoms. The maximum absolute atomic E-state index is 12.0. The van der Waals surface area contributed by atoms with Crippen LogP contribution in [0.1, 0.15) is 64.7 Å². The summed E-state index contributed by atoms with van der Waals surface area (Å²) in [6.45, 7) is 4.83. The van der Waals surface area contributed by atoms with Crippen LogP contribution in [0.5, 0.6) is 0 Å². The quantitative estimate of drug-likeness (QED) is 0.704. The number of hydrogen-bond acceptors (Lipinski definition) is 3. The molecule has 4 heteroatoms. The fraction of sp³-hybridized carbons (Fsp3) is 0.941. The smallest absolute Gasteiger partial charge is 0.220 e. The topological polar surface area (TPSA) is 61.4 Å². The van der Waals surface area contributed by atoms with Gasteiger partial charge in [0.15, 0.2) is 0 Å². The van der Waals surface area contributed by atoms with Crippen LogP contribution in [0, 0.1) is 11.8 Å². The van der Waals surface area contributed by atoms with Crippen LogP contribution >= 0.6 is 0 Å². The van der Waals surface area contributed by atoms with Gasteiger partial charge < -0.3 is 15.7 Å². The maximum Gasteiger partial charge on any atom is 0.220 e. The number of piperidine rings is 1. The summed E-state index contributed by atoms with van der Waals surface area (Å²) in [6.07, 6.45) is 9.04. The molecule has 1 saturated carbocycles.